The standard InChI is InChI=1S/C22H29ClN2O2/c1-2-26-21-5-3-4-19(15-25-14-17-10-12-24-13-11-17)22(21)27-16-18-6-8-20(23)9-7-18/h3-9,17,24-25H,2,10-16H2,1H3. The number of piperidine rings is 1. The molecule has 2 N–H and O–H groups in total. The Balaban J connectivity index is 1.64. The normalized spacial score (nSPS) is 14.9. The van der Waals surface area contributed by atoms with E-state index in [-0.39, 0.29) is 0 Å². The maximum atomic E-state index is 6.17. The molecule has 1 aliphatic heterocycles. The number of benzene rings is 2. The highest BCUT2D eigenvalue weighted by Crippen LogP contribution is 2.32. The molecule has 0 radical (unpaired) electrons. The summed E-state index contributed by atoms with van der Waals surface area (Å²) in [6.07, 6.45) is 2.48. The molecule has 0 amide bonds. The van der Waals surface area contributed by atoms with Crippen molar-refractivity contribution in [3.05, 3.63) is 58.6 Å². The molecule has 27 heavy (non-hydrogen) atoms. The Morgan fingerprint density at radius 1 is 1.07 bits per heavy atom. The quantitative estimate of drug-likeness (QED) is 0.667. The zero-order valence-corrected chi connectivity index (χ0v) is 16.7. The van der Waals surface area contributed by atoms with Crippen LogP contribution in [0.15, 0.2) is 42.5 Å². The molecule has 0 aromatic heterocycles. The van der Waals surface area contributed by atoms with Gasteiger partial charge in [-0.05, 0) is 69.1 Å². The minimum absolute atomic E-state index is 0.489. The molecule has 1 aliphatic rings. The minimum atomic E-state index is 0.489. The van der Waals surface area contributed by atoms with Crippen LogP contribution in [0.3, 0.4) is 0 Å². The molecule has 0 atom stereocenters. The van der Waals surface area contributed by atoms with E-state index in [2.05, 4.69) is 16.7 Å². The lowest BCUT2D eigenvalue weighted by atomic mass is 9.98. The number of para-hydroxylation sites is 1. The lowest BCUT2D eigenvalue weighted by molar-refractivity contribution is 0.265. The maximum absolute atomic E-state index is 6.17. The second kappa shape index (κ2) is 10.5. The Morgan fingerprint density at radius 2 is 1.85 bits per heavy atom. The van der Waals surface area contributed by atoms with Crippen molar-refractivity contribution in [2.75, 3.05) is 26.2 Å². The second-order valence-electron chi connectivity index (χ2n) is 6.92. The van der Waals surface area contributed by atoms with Gasteiger partial charge in [0.1, 0.15) is 6.61 Å². The van der Waals surface area contributed by atoms with Crippen molar-refractivity contribution in [3.63, 3.8) is 0 Å². The number of rotatable bonds is 9. The summed E-state index contributed by atoms with van der Waals surface area (Å²) in [5, 5.41) is 7.76. The molecule has 2 aromatic rings. The molecule has 2 aromatic carbocycles. The lowest BCUT2D eigenvalue weighted by Crippen LogP contribution is -2.33. The fraction of sp³-hybridized carbons (Fsp3) is 0.455. The Labute approximate surface area is 167 Å². The topological polar surface area (TPSA) is 42.5 Å². The summed E-state index contributed by atoms with van der Waals surface area (Å²) >= 11 is 5.97. The number of hydrogen-bond acceptors (Lipinski definition) is 4. The third kappa shape index (κ3) is 6.13. The van der Waals surface area contributed by atoms with Gasteiger partial charge in [0.15, 0.2) is 11.5 Å². The molecule has 5 heteroatoms. The molecular formula is C22H29ClN2O2. The van der Waals surface area contributed by atoms with Crippen LogP contribution in [0.5, 0.6) is 11.5 Å². The third-order valence-electron chi connectivity index (χ3n) is 4.86. The number of halogens is 1. The van der Waals surface area contributed by atoms with Crippen molar-refractivity contribution >= 4 is 11.6 Å². The summed E-state index contributed by atoms with van der Waals surface area (Å²) in [5.74, 6) is 2.37. The average Bonchev–Trinajstić information content (AvgIpc) is 2.70. The fourth-order valence-corrected chi connectivity index (χ4v) is 3.49. The Bertz CT molecular complexity index is 700. The van der Waals surface area contributed by atoms with Crippen LogP contribution in [0.2, 0.25) is 5.02 Å². The van der Waals surface area contributed by atoms with Crippen LogP contribution in [0, 0.1) is 5.92 Å². The summed E-state index contributed by atoms with van der Waals surface area (Å²) < 4.78 is 12.0. The van der Waals surface area contributed by atoms with Gasteiger partial charge >= 0.3 is 0 Å². The molecule has 4 nitrogen and oxygen atoms in total. The number of ether oxygens (including phenoxy) is 2. The molecule has 146 valence electrons. The zero-order chi connectivity index (χ0) is 18.9. The molecular weight excluding hydrogens is 360 g/mol. The van der Waals surface area contributed by atoms with E-state index in [0.717, 1.165) is 59.7 Å². The van der Waals surface area contributed by atoms with Gasteiger partial charge in [0.25, 0.3) is 0 Å². The number of nitrogens with one attached hydrogen (secondary N) is 2. The molecule has 1 heterocycles. The van der Waals surface area contributed by atoms with Crippen LogP contribution in [-0.2, 0) is 13.2 Å². The largest absolute Gasteiger partial charge is 0.490 e. The first-order valence-corrected chi connectivity index (χ1v) is 10.2. The van der Waals surface area contributed by atoms with E-state index < -0.39 is 0 Å². The van der Waals surface area contributed by atoms with Crippen LogP contribution in [0.4, 0.5) is 0 Å². The predicted molar refractivity (Wildman–Crippen MR) is 111 cm³/mol. The van der Waals surface area contributed by atoms with Crippen LogP contribution in [-0.4, -0.2) is 26.2 Å². The molecule has 1 saturated heterocycles. The van der Waals surface area contributed by atoms with Gasteiger partial charge in [0.05, 0.1) is 6.61 Å². The van der Waals surface area contributed by atoms with Gasteiger partial charge in [-0.25, -0.2) is 0 Å². The van der Waals surface area contributed by atoms with Gasteiger partial charge in [-0.3, -0.25) is 0 Å². The smallest absolute Gasteiger partial charge is 0.166 e. The molecule has 0 spiro atoms. The highest BCUT2D eigenvalue weighted by atomic mass is 35.5. The summed E-state index contributed by atoms with van der Waals surface area (Å²) in [4.78, 5) is 0. The van der Waals surface area contributed by atoms with E-state index in [4.69, 9.17) is 21.1 Å². The predicted octanol–water partition coefficient (Wildman–Crippen LogP) is 4.41. The summed E-state index contributed by atoms with van der Waals surface area (Å²) in [6, 6.07) is 13.8. The van der Waals surface area contributed by atoms with Gasteiger partial charge in [0.2, 0.25) is 0 Å². The van der Waals surface area contributed by atoms with Crippen LogP contribution in [0.1, 0.15) is 30.9 Å². The van der Waals surface area contributed by atoms with Crippen LogP contribution < -0.4 is 20.1 Å². The highest BCUT2D eigenvalue weighted by Gasteiger charge is 2.14. The molecule has 1 fully saturated rings. The van der Waals surface area contributed by atoms with Crippen LogP contribution in [0.25, 0.3) is 0 Å². The summed E-state index contributed by atoms with van der Waals surface area (Å²) in [5.41, 5.74) is 2.21. The molecule has 0 saturated carbocycles. The van der Waals surface area contributed by atoms with Crippen molar-refractivity contribution in [3.8, 4) is 11.5 Å². The van der Waals surface area contributed by atoms with Crippen molar-refractivity contribution in [1.29, 1.82) is 0 Å². The fourth-order valence-electron chi connectivity index (χ4n) is 3.37. The first kappa shape index (κ1) is 20.0. The average molecular weight is 389 g/mol. The first-order chi connectivity index (χ1) is 13.3. The number of hydrogen-bond donors (Lipinski definition) is 2. The summed E-state index contributed by atoms with van der Waals surface area (Å²) in [7, 11) is 0. The SMILES string of the molecule is CCOc1cccc(CNCC2CCNCC2)c1OCc1ccc(Cl)cc1. The van der Waals surface area contributed by atoms with Crippen molar-refractivity contribution < 1.29 is 9.47 Å². The third-order valence-corrected chi connectivity index (χ3v) is 5.12. The molecule has 0 unspecified atom stereocenters. The van der Waals surface area contributed by atoms with Gasteiger partial charge in [-0.2, -0.15) is 0 Å². The lowest BCUT2D eigenvalue weighted by Gasteiger charge is -2.23. The van der Waals surface area contributed by atoms with E-state index in [9.17, 15) is 0 Å². The van der Waals surface area contributed by atoms with Crippen LogP contribution >= 0.6 is 11.6 Å². The van der Waals surface area contributed by atoms with Gasteiger partial charge < -0.3 is 20.1 Å². The Kier molecular flexibility index (Phi) is 7.81. The van der Waals surface area contributed by atoms with E-state index >= 15 is 0 Å². The van der Waals surface area contributed by atoms with E-state index in [1.807, 2.05) is 43.3 Å². The monoisotopic (exact) mass is 388 g/mol. The minimum Gasteiger partial charge on any atom is -0.490 e. The molecule has 3 rings (SSSR count). The van der Waals surface area contributed by atoms with E-state index in [1.54, 1.807) is 0 Å². The Morgan fingerprint density at radius 3 is 2.59 bits per heavy atom. The Hall–Kier alpha value is -1.75. The molecule has 0 aliphatic carbocycles. The first-order valence-electron chi connectivity index (χ1n) is 9.79. The van der Waals surface area contributed by atoms with Gasteiger partial charge in [-0.15, -0.1) is 0 Å². The van der Waals surface area contributed by atoms with E-state index in [1.165, 1.54) is 12.8 Å². The van der Waals surface area contributed by atoms with Crippen molar-refractivity contribution in [1.82, 2.24) is 10.6 Å². The zero-order valence-electron chi connectivity index (χ0n) is 16.0. The molecule has 0 bridgehead atoms. The van der Waals surface area contributed by atoms with Crippen molar-refractivity contribution in [2.45, 2.75) is 32.9 Å². The van der Waals surface area contributed by atoms with E-state index in [0.29, 0.717) is 13.2 Å². The van der Waals surface area contributed by atoms with Crippen molar-refractivity contribution in [2.24, 2.45) is 5.92 Å². The van der Waals surface area contributed by atoms with Gasteiger partial charge in [0, 0.05) is 17.1 Å². The maximum Gasteiger partial charge on any atom is 0.166 e. The summed E-state index contributed by atoms with van der Waals surface area (Å²) in [6.45, 7) is 7.16. The second-order valence-corrected chi connectivity index (χ2v) is 7.35. The van der Waals surface area contributed by atoms with Gasteiger partial charge in [-0.1, -0.05) is 35.9 Å². The highest BCUT2D eigenvalue weighted by molar-refractivity contribution is 6.30.